The second kappa shape index (κ2) is 9.74. The molecule has 0 heterocycles. The van der Waals surface area contributed by atoms with Crippen molar-refractivity contribution in [2.24, 2.45) is 5.73 Å². The molecule has 2 amide bonds. The number of carboxylic acids is 1. The van der Waals surface area contributed by atoms with Crippen molar-refractivity contribution in [1.82, 2.24) is 5.32 Å². The molecule has 0 aromatic heterocycles. The van der Waals surface area contributed by atoms with Crippen molar-refractivity contribution in [2.45, 2.75) is 12.5 Å². The van der Waals surface area contributed by atoms with Crippen LogP contribution in [0.4, 0.5) is 16.2 Å². The number of nitrogens with one attached hydrogen (secondary N) is 4. The number of carbonyl (C=O) groups excluding carboxylic acids is 2. The number of hydrogen-bond acceptors (Lipinski definition) is 5. The van der Waals surface area contributed by atoms with Crippen LogP contribution in [0.5, 0.6) is 0 Å². The number of hydrogen-bond donors (Lipinski definition) is 6. The predicted octanol–water partition coefficient (Wildman–Crippen LogP) is 1.60. The van der Waals surface area contributed by atoms with Crippen LogP contribution in [0, 0.1) is 5.41 Å². The van der Waals surface area contributed by atoms with E-state index in [0.29, 0.717) is 22.5 Å². The third kappa shape index (κ3) is 6.54. The fourth-order valence-electron chi connectivity index (χ4n) is 2.46. The summed E-state index contributed by atoms with van der Waals surface area (Å²) >= 11 is 0. The normalized spacial score (nSPS) is 11.1. The Morgan fingerprint density at radius 2 is 1.79 bits per heavy atom. The fraction of sp³-hybridized carbons (Fsp3) is 0.158. The summed E-state index contributed by atoms with van der Waals surface area (Å²) in [5.41, 5.74) is 7.32. The lowest BCUT2D eigenvalue weighted by atomic mass is 10.1. The van der Waals surface area contributed by atoms with Crippen LogP contribution in [0.1, 0.15) is 15.9 Å². The monoisotopic (exact) mass is 399 g/mol. The maximum atomic E-state index is 12.4. The molecule has 29 heavy (non-hydrogen) atoms. The highest BCUT2D eigenvalue weighted by Crippen LogP contribution is 2.15. The highest BCUT2D eigenvalue weighted by atomic mass is 16.5. The summed E-state index contributed by atoms with van der Waals surface area (Å²) in [6, 6.07) is 11.9. The Hall–Kier alpha value is -4.08. The topological polar surface area (TPSA) is 167 Å². The number of ether oxygens (including phenoxy) is 1. The zero-order chi connectivity index (χ0) is 21.4. The molecule has 0 spiro atoms. The smallest absolute Gasteiger partial charge is 0.407 e. The summed E-state index contributed by atoms with van der Waals surface area (Å²) in [6.45, 7) is 0. The van der Waals surface area contributed by atoms with Gasteiger partial charge in [-0.3, -0.25) is 10.2 Å². The molecule has 2 aromatic carbocycles. The average molecular weight is 399 g/mol. The van der Waals surface area contributed by atoms with Crippen molar-refractivity contribution in [3.8, 4) is 0 Å². The Morgan fingerprint density at radius 1 is 1.10 bits per heavy atom. The van der Waals surface area contributed by atoms with E-state index in [9.17, 15) is 19.5 Å². The van der Waals surface area contributed by atoms with Crippen LogP contribution in [0.2, 0.25) is 0 Å². The second-order valence-electron chi connectivity index (χ2n) is 6.00. The Labute approximate surface area is 166 Å². The van der Waals surface area contributed by atoms with Gasteiger partial charge in [-0.25, -0.2) is 9.59 Å². The standard InChI is InChI=1S/C19H21N5O5/c1-29-19(28)24-15(17(26)27)9-11-5-7-13(8-6-11)22-16(25)12-3-2-4-14(10-12)23-18(20)21/h2-8,10,15H,9H2,1H3,(H,22,25)(H,24,28)(H,26,27)(H4,20,21,23)/t15-/m0/s1. The van der Waals surface area contributed by atoms with Crippen LogP contribution in [0.3, 0.4) is 0 Å². The van der Waals surface area contributed by atoms with Crippen molar-refractivity contribution in [2.75, 3.05) is 17.7 Å². The molecule has 2 rings (SSSR count). The van der Waals surface area contributed by atoms with Gasteiger partial charge in [0.2, 0.25) is 0 Å². The first kappa shape index (κ1) is 21.2. The van der Waals surface area contributed by atoms with Crippen LogP contribution in [-0.4, -0.2) is 42.2 Å². The van der Waals surface area contributed by atoms with E-state index in [2.05, 4.69) is 20.7 Å². The third-order valence-electron chi connectivity index (χ3n) is 3.83. The van der Waals surface area contributed by atoms with Crippen LogP contribution in [0.15, 0.2) is 48.5 Å². The number of carboxylic acid groups (broad SMARTS) is 1. The molecule has 0 aliphatic carbocycles. The lowest BCUT2D eigenvalue weighted by molar-refractivity contribution is -0.139. The molecule has 7 N–H and O–H groups in total. The number of benzene rings is 2. The summed E-state index contributed by atoms with van der Waals surface area (Å²) in [7, 11) is 1.15. The van der Waals surface area contributed by atoms with Gasteiger partial charge < -0.3 is 31.5 Å². The minimum absolute atomic E-state index is 0.0530. The van der Waals surface area contributed by atoms with Crippen LogP contribution < -0.4 is 21.7 Å². The number of amides is 2. The minimum Gasteiger partial charge on any atom is -0.480 e. The van der Waals surface area contributed by atoms with Gasteiger partial charge in [-0.15, -0.1) is 0 Å². The van der Waals surface area contributed by atoms with Gasteiger partial charge in [0.25, 0.3) is 5.91 Å². The number of rotatable bonds is 7. The SMILES string of the molecule is COC(=O)N[C@@H](Cc1ccc(NC(=O)c2cccc(NC(=N)N)c2)cc1)C(=O)O. The van der Waals surface area contributed by atoms with E-state index in [1.807, 2.05) is 0 Å². The molecule has 152 valence electrons. The van der Waals surface area contributed by atoms with Crippen molar-refractivity contribution in [1.29, 1.82) is 5.41 Å². The molecule has 0 fully saturated rings. The highest BCUT2D eigenvalue weighted by Gasteiger charge is 2.20. The van der Waals surface area contributed by atoms with E-state index in [0.717, 1.165) is 7.11 Å². The first-order valence-electron chi connectivity index (χ1n) is 8.47. The summed E-state index contributed by atoms with van der Waals surface area (Å²) < 4.78 is 4.42. The van der Waals surface area contributed by atoms with E-state index in [4.69, 9.17) is 11.1 Å². The van der Waals surface area contributed by atoms with Crippen molar-refractivity contribution in [3.05, 3.63) is 59.7 Å². The number of carbonyl (C=O) groups is 3. The zero-order valence-corrected chi connectivity index (χ0v) is 15.6. The maximum Gasteiger partial charge on any atom is 0.407 e. The van der Waals surface area contributed by atoms with Gasteiger partial charge in [0.05, 0.1) is 7.11 Å². The van der Waals surface area contributed by atoms with Gasteiger partial charge in [0.15, 0.2) is 5.96 Å². The molecule has 1 atom stereocenters. The number of aliphatic carboxylic acids is 1. The van der Waals surface area contributed by atoms with Crippen LogP contribution in [0.25, 0.3) is 0 Å². The molecule has 0 radical (unpaired) electrons. The van der Waals surface area contributed by atoms with Crippen LogP contribution >= 0.6 is 0 Å². The molecule has 0 aliphatic heterocycles. The number of anilines is 2. The Morgan fingerprint density at radius 3 is 2.38 bits per heavy atom. The molecule has 0 unspecified atom stereocenters. The third-order valence-corrected chi connectivity index (χ3v) is 3.83. The van der Waals surface area contributed by atoms with E-state index in [1.165, 1.54) is 0 Å². The zero-order valence-electron chi connectivity index (χ0n) is 15.6. The highest BCUT2D eigenvalue weighted by molar-refractivity contribution is 6.05. The van der Waals surface area contributed by atoms with E-state index in [-0.39, 0.29) is 18.3 Å². The second-order valence-corrected chi connectivity index (χ2v) is 6.00. The van der Waals surface area contributed by atoms with Gasteiger partial charge in [0.1, 0.15) is 6.04 Å². The molecular weight excluding hydrogens is 378 g/mol. The summed E-state index contributed by atoms with van der Waals surface area (Å²) in [5.74, 6) is -1.79. The van der Waals surface area contributed by atoms with Gasteiger partial charge in [-0.1, -0.05) is 18.2 Å². The van der Waals surface area contributed by atoms with E-state index >= 15 is 0 Å². The van der Waals surface area contributed by atoms with Crippen molar-refractivity contribution >= 4 is 35.3 Å². The summed E-state index contributed by atoms with van der Waals surface area (Å²) in [5, 5.41) is 24.0. The lowest BCUT2D eigenvalue weighted by Crippen LogP contribution is -2.42. The maximum absolute atomic E-state index is 12.4. The number of alkyl carbamates (subject to hydrolysis) is 1. The minimum atomic E-state index is -1.19. The lowest BCUT2D eigenvalue weighted by Gasteiger charge is -2.14. The first-order valence-corrected chi connectivity index (χ1v) is 8.47. The number of guanidine groups is 1. The molecule has 0 bridgehead atoms. The molecule has 10 nitrogen and oxygen atoms in total. The Bertz CT molecular complexity index is 913. The first-order chi connectivity index (χ1) is 13.8. The molecule has 0 saturated carbocycles. The van der Waals surface area contributed by atoms with Crippen molar-refractivity contribution < 1.29 is 24.2 Å². The number of nitrogens with two attached hydrogens (primary N) is 1. The van der Waals surface area contributed by atoms with Crippen molar-refractivity contribution in [3.63, 3.8) is 0 Å². The summed E-state index contributed by atoms with van der Waals surface area (Å²) in [4.78, 5) is 34.9. The average Bonchev–Trinajstić information content (AvgIpc) is 2.68. The number of methoxy groups -OCH3 is 1. The quantitative estimate of drug-likeness (QED) is 0.304. The Balaban J connectivity index is 2.03. The van der Waals surface area contributed by atoms with Crippen LogP contribution in [-0.2, 0) is 16.0 Å². The van der Waals surface area contributed by atoms with Gasteiger partial charge in [-0.2, -0.15) is 0 Å². The molecule has 10 heteroatoms. The molecular formula is C19H21N5O5. The van der Waals surface area contributed by atoms with Gasteiger partial charge in [0, 0.05) is 23.4 Å². The Kier molecular flexibility index (Phi) is 7.13. The predicted molar refractivity (Wildman–Crippen MR) is 107 cm³/mol. The van der Waals surface area contributed by atoms with Gasteiger partial charge >= 0.3 is 12.1 Å². The van der Waals surface area contributed by atoms with E-state index < -0.39 is 18.1 Å². The van der Waals surface area contributed by atoms with Gasteiger partial charge in [-0.05, 0) is 35.9 Å². The summed E-state index contributed by atoms with van der Waals surface area (Å²) in [6.07, 6.45) is -0.778. The largest absolute Gasteiger partial charge is 0.480 e. The fourth-order valence-corrected chi connectivity index (χ4v) is 2.46. The van der Waals surface area contributed by atoms with E-state index in [1.54, 1.807) is 48.5 Å². The molecule has 0 aliphatic rings. The molecule has 2 aromatic rings. The molecule has 0 saturated heterocycles.